The standard InChI is InChI=1S/C20H31N3O/c1-20(2,3)15-23-10-9-22(14-17(23)8-11-24)13-16-12-21-19-7-5-4-6-18(16)19/h4-7,12,17,21,24H,8-11,13-15H2,1-3H3/t17-/m1/s1. The number of rotatable bonds is 5. The van der Waals surface area contributed by atoms with Crippen molar-refractivity contribution in [1.29, 1.82) is 0 Å². The molecule has 4 nitrogen and oxygen atoms in total. The summed E-state index contributed by atoms with van der Waals surface area (Å²) < 4.78 is 0. The molecular weight excluding hydrogens is 298 g/mol. The molecule has 3 rings (SSSR count). The minimum atomic E-state index is 0.270. The summed E-state index contributed by atoms with van der Waals surface area (Å²) in [6.45, 7) is 12.4. The fourth-order valence-electron chi connectivity index (χ4n) is 3.84. The van der Waals surface area contributed by atoms with Gasteiger partial charge in [-0.05, 0) is 23.5 Å². The van der Waals surface area contributed by atoms with Gasteiger partial charge in [0, 0.05) is 62.5 Å². The molecule has 1 aliphatic heterocycles. The van der Waals surface area contributed by atoms with Gasteiger partial charge in [0.15, 0.2) is 0 Å². The molecule has 0 aliphatic carbocycles. The number of aromatic amines is 1. The summed E-state index contributed by atoms with van der Waals surface area (Å²) in [4.78, 5) is 8.49. The van der Waals surface area contributed by atoms with Crippen molar-refractivity contribution in [3.05, 3.63) is 36.0 Å². The molecule has 1 atom stereocenters. The van der Waals surface area contributed by atoms with Crippen LogP contribution in [0.3, 0.4) is 0 Å². The molecule has 0 radical (unpaired) electrons. The van der Waals surface area contributed by atoms with Gasteiger partial charge in [-0.1, -0.05) is 39.0 Å². The molecule has 1 aliphatic rings. The molecule has 0 bridgehead atoms. The average molecular weight is 329 g/mol. The second-order valence-electron chi connectivity index (χ2n) is 8.29. The van der Waals surface area contributed by atoms with Crippen LogP contribution in [-0.2, 0) is 6.54 Å². The first kappa shape index (κ1) is 17.5. The van der Waals surface area contributed by atoms with Crippen molar-refractivity contribution in [2.75, 3.05) is 32.8 Å². The first-order chi connectivity index (χ1) is 11.5. The lowest BCUT2D eigenvalue weighted by molar-refractivity contribution is 0.0341. The highest BCUT2D eigenvalue weighted by Gasteiger charge is 2.29. The predicted molar refractivity (Wildman–Crippen MR) is 100 cm³/mol. The summed E-state index contributed by atoms with van der Waals surface area (Å²) >= 11 is 0. The number of para-hydroxylation sites is 1. The number of fused-ring (bicyclic) bond motifs is 1. The Labute approximate surface area is 145 Å². The van der Waals surface area contributed by atoms with Crippen molar-refractivity contribution >= 4 is 10.9 Å². The van der Waals surface area contributed by atoms with Crippen LogP contribution in [0.25, 0.3) is 10.9 Å². The summed E-state index contributed by atoms with van der Waals surface area (Å²) in [5.74, 6) is 0. The van der Waals surface area contributed by atoms with Gasteiger partial charge in [-0.25, -0.2) is 0 Å². The number of piperazine rings is 1. The number of nitrogens with one attached hydrogen (secondary N) is 1. The van der Waals surface area contributed by atoms with Gasteiger partial charge in [0.05, 0.1) is 0 Å². The maximum absolute atomic E-state index is 9.47. The van der Waals surface area contributed by atoms with Gasteiger partial charge in [-0.15, -0.1) is 0 Å². The Kier molecular flexibility index (Phi) is 5.28. The molecule has 2 aromatic rings. The molecule has 24 heavy (non-hydrogen) atoms. The normalized spacial score (nSPS) is 20.8. The van der Waals surface area contributed by atoms with E-state index in [0.29, 0.717) is 11.5 Å². The molecule has 2 N–H and O–H groups in total. The number of aliphatic hydroxyl groups excluding tert-OH is 1. The Balaban J connectivity index is 1.68. The smallest absolute Gasteiger partial charge is 0.0457 e. The number of hydrogen-bond donors (Lipinski definition) is 2. The fraction of sp³-hybridized carbons (Fsp3) is 0.600. The highest BCUT2D eigenvalue weighted by Crippen LogP contribution is 2.24. The predicted octanol–water partition coefficient (Wildman–Crippen LogP) is 3.08. The maximum atomic E-state index is 9.47. The Bertz CT molecular complexity index is 658. The summed E-state index contributed by atoms with van der Waals surface area (Å²) in [5, 5.41) is 10.8. The second-order valence-corrected chi connectivity index (χ2v) is 8.29. The highest BCUT2D eigenvalue weighted by molar-refractivity contribution is 5.82. The minimum absolute atomic E-state index is 0.270. The Morgan fingerprint density at radius 2 is 2.00 bits per heavy atom. The van der Waals surface area contributed by atoms with Crippen LogP contribution in [0, 0.1) is 5.41 Å². The molecule has 2 heterocycles. The van der Waals surface area contributed by atoms with E-state index in [1.54, 1.807) is 0 Å². The van der Waals surface area contributed by atoms with Crippen molar-refractivity contribution in [3.8, 4) is 0 Å². The molecule has 0 spiro atoms. The number of benzene rings is 1. The zero-order valence-electron chi connectivity index (χ0n) is 15.3. The van der Waals surface area contributed by atoms with Crippen molar-refractivity contribution in [1.82, 2.24) is 14.8 Å². The van der Waals surface area contributed by atoms with Crippen LogP contribution in [0.2, 0.25) is 0 Å². The van der Waals surface area contributed by atoms with Gasteiger partial charge in [-0.2, -0.15) is 0 Å². The van der Waals surface area contributed by atoms with Gasteiger partial charge in [0.1, 0.15) is 0 Å². The van der Waals surface area contributed by atoms with Crippen LogP contribution in [-0.4, -0.2) is 58.7 Å². The van der Waals surface area contributed by atoms with Crippen LogP contribution >= 0.6 is 0 Å². The maximum Gasteiger partial charge on any atom is 0.0457 e. The van der Waals surface area contributed by atoms with Crippen molar-refractivity contribution in [2.24, 2.45) is 5.41 Å². The highest BCUT2D eigenvalue weighted by atomic mass is 16.3. The fourth-order valence-corrected chi connectivity index (χ4v) is 3.84. The number of aromatic nitrogens is 1. The largest absolute Gasteiger partial charge is 0.396 e. The quantitative estimate of drug-likeness (QED) is 0.886. The number of H-pyrrole nitrogens is 1. The van der Waals surface area contributed by atoms with Crippen LogP contribution < -0.4 is 0 Å². The summed E-state index contributed by atoms with van der Waals surface area (Å²) in [6.07, 6.45) is 3.01. The van der Waals surface area contributed by atoms with E-state index >= 15 is 0 Å². The van der Waals surface area contributed by atoms with Crippen molar-refractivity contribution in [3.63, 3.8) is 0 Å². The number of nitrogens with zero attached hydrogens (tertiary/aromatic N) is 2. The molecule has 1 fully saturated rings. The third kappa shape index (κ3) is 4.18. The average Bonchev–Trinajstić information content (AvgIpc) is 2.92. The molecule has 0 amide bonds. The van der Waals surface area contributed by atoms with Gasteiger partial charge in [0.25, 0.3) is 0 Å². The van der Waals surface area contributed by atoms with Gasteiger partial charge < -0.3 is 10.1 Å². The van der Waals surface area contributed by atoms with Crippen LogP contribution in [0.4, 0.5) is 0 Å². The number of hydrogen-bond acceptors (Lipinski definition) is 3. The third-order valence-electron chi connectivity index (χ3n) is 4.90. The minimum Gasteiger partial charge on any atom is -0.396 e. The lowest BCUT2D eigenvalue weighted by Crippen LogP contribution is -2.54. The van der Waals surface area contributed by atoms with Gasteiger partial charge in [-0.3, -0.25) is 9.80 Å². The molecule has 1 aromatic carbocycles. The van der Waals surface area contributed by atoms with E-state index in [4.69, 9.17) is 0 Å². The number of aliphatic hydroxyl groups is 1. The third-order valence-corrected chi connectivity index (χ3v) is 4.90. The van der Waals surface area contributed by atoms with E-state index in [1.165, 1.54) is 16.5 Å². The molecule has 132 valence electrons. The Morgan fingerprint density at radius 1 is 1.21 bits per heavy atom. The van der Waals surface area contributed by atoms with E-state index in [1.807, 2.05) is 0 Å². The lowest BCUT2D eigenvalue weighted by atomic mass is 9.94. The first-order valence-corrected chi connectivity index (χ1v) is 9.08. The van der Waals surface area contributed by atoms with E-state index in [0.717, 1.165) is 39.1 Å². The Hall–Kier alpha value is -1.36. The molecule has 0 saturated carbocycles. The molecule has 1 saturated heterocycles. The van der Waals surface area contributed by atoms with Gasteiger partial charge in [0.2, 0.25) is 0 Å². The zero-order chi connectivity index (χ0) is 17.2. The van der Waals surface area contributed by atoms with E-state index in [2.05, 4.69) is 66.0 Å². The summed E-state index contributed by atoms with van der Waals surface area (Å²) in [6, 6.07) is 8.96. The SMILES string of the molecule is CC(C)(C)CN1CCN(Cc2c[nH]c3ccccc23)C[C@H]1CCO. The Morgan fingerprint density at radius 3 is 2.75 bits per heavy atom. The molecular formula is C20H31N3O. The molecule has 4 heteroatoms. The van der Waals surface area contributed by atoms with Crippen LogP contribution in [0.5, 0.6) is 0 Å². The zero-order valence-corrected chi connectivity index (χ0v) is 15.3. The van der Waals surface area contributed by atoms with Crippen molar-refractivity contribution < 1.29 is 5.11 Å². The summed E-state index contributed by atoms with van der Waals surface area (Å²) in [5.41, 5.74) is 2.88. The molecule has 1 aromatic heterocycles. The first-order valence-electron chi connectivity index (χ1n) is 9.08. The monoisotopic (exact) mass is 329 g/mol. The molecule has 0 unspecified atom stereocenters. The lowest BCUT2D eigenvalue weighted by Gasteiger charge is -2.44. The van der Waals surface area contributed by atoms with E-state index in [-0.39, 0.29) is 6.61 Å². The van der Waals surface area contributed by atoms with Gasteiger partial charge >= 0.3 is 0 Å². The second kappa shape index (κ2) is 7.26. The van der Waals surface area contributed by atoms with Crippen molar-refractivity contribution in [2.45, 2.75) is 39.8 Å². The van der Waals surface area contributed by atoms with Crippen LogP contribution in [0.15, 0.2) is 30.5 Å². The topological polar surface area (TPSA) is 42.5 Å². The van der Waals surface area contributed by atoms with E-state index < -0.39 is 0 Å². The van der Waals surface area contributed by atoms with Crippen LogP contribution in [0.1, 0.15) is 32.8 Å². The van der Waals surface area contributed by atoms with E-state index in [9.17, 15) is 5.11 Å². The summed E-state index contributed by atoms with van der Waals surface area (Å²) in [7, 11) is 0.